The van der Waals surface area contributed by atoms with Gasteiger partial charge in [0.1, 0.15) is 0 Å². The van der Waals surface area contributed by atoms with Crippen molar-refractivity contribution in [2.24, 2.45) is 0 Å². The molecule has 3 aromatic rings. The molecule has 0 aliphatic rings. The van der Waals surface area contributed by atoms with Gasteiger partial charge >= 0.3 is 6.03 Å². The van der Waals surface area contributed by atoms with Gasteiger partial charge in [-0.2, -0.15) is 4.98 Å². The van der Waals surface area contributed by atoms with Crippen molar-refractivity contribution in [2.45, 2.75) is 38.5 Å². The van der Waals surface area contributed by atoms with Crippen molar-refractivity contribution in [3.8, 4) is 11.4 Å². The van der Waals surface area contributed by atoms with E-state index in [1.807, 2.05) is 32.9 Å². The first-order chi connectivity index (χ1) is 15.1. The van der Waals surface area contributed by atoms with Crippen LogP contribution < -0.4 is 15.4 Å². The summed E-state index contributed by atoms with van der Waals surface area (Å²) in [4.78, 5) is 16.6. The normalized spacial score (nSPS) is 11.9. The highest BCUT2D eigenvalue weighted by atomic mass is 32.2. The van der Waals surface area contributed by atoms with Gasteiger partial charge in [-0.1, -0.05) is 50.2 Å². The van der Waals surface area contributed by atoms with Gasteiger partial charge < -0.3 is 15.2 Å². The molecule has 1 aromatic heterocycles. The van der Waals surface area contributed by atoms with Gasteiger partial charge in [0.15, 0.2) is 0 Å². The van der Waals surface area contributed by atoms with Crippen molar-refractivity contribution in [2.75, 3.05) is 12.4 Å². The Morgan fingerprint density at radius 2 is 1.62 bits per heavy atom. The summed E-state index contributed by atoms with van der Waals surface area (Å²) in [6.07, 6.45) is 0. The first kappa shape index (κ1) is 23.4. The number of rotatable bonds is 7. The third-order valence-electron chi connectivity index (χ3n) is 4.61. The highest BCUT2D eigenvalue weighted by Gasteiger charge is 2.22. The van der Waals surface area contributed by atoms with Crippen molar-refractivity contribution < 1.29 is 17.7 Å². The van der Waals surface area contributed by atoms with E-state index in [-0.39, 0.29) is 17.2 Å². The molecule has 32 heavy (non-hydrogen) atoms. The van der Waals surface area contributed by atoms with E-state index in [0.29, 0.717) is 29.5 Å². The van der Waals surface area contributed by atoms with Crippen LogP contribution in [-0.2, 0) is 27.7 Å². The fourth-order valence-corrected chi connectivity index (χ4v) is 3.53. The Kier molecular flexibility index (Phi) is 6.95. The topological polar surface area (TPSA) is 126 Å². The molecule has 0 fully saturated rings. The van der Waals surface area contributed by atoms with Gasteiger partial charge in [-0.15, -0.1) is 0 Å². The van der Waals surface area contributed by atoms with Crippen molar-refractivity contribution >= 4 is 21.7 Å². The molecular weight excluding hydrogens is 430 g/mol. The highest BCUT2D eigenvalue weighted by Crippen LogP contribution is 2.24. The fraction of sp³-hybridized carbons (Fsp3) is 0.318. The molecule has 0 bridgehead atoms. The molecule has 0 radical (unpaired) electrons. The van der Waals surface area contributed by atoms with E-state index < -0.39 is 10.0 Å². The second-order valence-electron chi connectivity index (χ2n) is 8.34. The van der Waals surface area contributed by atoms with E-state index in [0.717, 1.165) is 11.1 Å². The van der Waals surface area contributed by atoms with Gasteiger partial charge in [-0.3, -0.25) is 0 Å². The smallest absolute Gasteiger partial charge is 0.319 e. The van der Waals surface area contributed by atoms with E-state index in [9.17, 15) is 13.2 Å². The third kappa shape index (κ3) is 6.38. The number of benzene rings is 2. The van der Waals surface area contributed by atoms with Crippen LogP contribution in [0.15, 0.2) is 53.1 Å². The number of nitrogens with zero attached hydrogens (tertiary/aromatic N) is 2. The van der Waals surface area contributed by atoms with Gasteiger partial charge in [-0.25, -0.2) is 17.9 Å². The van der Waals surface area contributed by atoms with Gasteiger partial charge in [0.2, 0.25) is 21.7 Å². The molecule has 2 aromatic carbocycles. The molecule has 3 N–H and O–H groups in total. The maximum absolute atomic E-state index is 12.2. The summed E-state index contributed by atoms with van der Waals surface area (Å²) in [6, 6.07) is 13.8. The molecule has 0 saturated heterocycles. The second kappa shape index (κ2) is 9.49. The minimum absolute atomic E-state index is 0.0882. The Morgan fingerprint density at radius 1 is 1.00 bits per heavy atom. The Hall–Kier alpha value is -3.24. The van der Waals surface area contributed by atoms with Crippen molar-refractivity contribution in [1.29, 1.82) is 0 Å². The van der Waals surface area contributed by atoms with Crippen molar-refractivity contribution in [1.82, 2.24) is 20.2 Å². The number of sulfonamides is 1. The highest BCUT2D eigenvalue weighted by molar-refractivity contribution is 7.88. The average Bonchev–Trinajstić information content (AvgIpc) is 3.24. The third-order valence-corrected chi connectivity index (χ3v) is 5.95. The number of aromatic nitrogens is 2. The summed E-state index contributed by atoms with van der Waals surface area (Å²) in [6.45, 7) is 6.30. The second-order valence-corrected chi connectivity index (χ2v) is 10.3. The lowest BCUT2D eigenvalue weighted by atomic mass is 9.97. The SMILES string of the molecule is CNS(=O)(=O)Cc1ccc(CNC(=O)Nc2ccc(-c3noc(C(C)(C)C)n3)cc2)cc1. The number of anilines is 1. The number of amides is 2. The minimum atomic E-state index is -3.31. The molecule has 9 nitrogen and oxygen atoms in total. The number of carbonyl (C=O) groups is 1. The number of urea groups is 1. The summed E-state index contributed by atoms with van der Waals surface area (Å²) < 4.78 is 30.8. The van der Waals surface area contributed by atoms with Gasteiger partial charge in [0.25, 0.3) is 0 Å². The first-order valence-electron chi connectivity index (χ1n) is 10.0. The number of hydrogen-bond donors (Lipinski definition) is 3. The van der Waals surface area contributed by atoms with Crippen LogP contribution in [0.5, 0.6) is 0 Å². The Morgan fingerprint density at radius 3 is 2.19 bits per heavy atom. The van der Waals surface area contributed by atoms with Crippen LogP contribution in [0.25, 0.3) is 11.4 Å². The fourth-order valence-electron chi connectivity index (χ4n) is 2.75. The summed E-state index contributed by atoms with van der Waals surface area (Å²) >= 11 is 0. The zero-order valence-electron chi connectivity index (χ0n) is 18.5. The number of carbonyl (C=O) groups excluding carboxylic acids is 1. The molecule has 0 saturated carbocycles. The van der Waals surface area contributed by atoms with Crippen LogP contribution in [0.2, 0.25) is 0 Å². The Balaban J connectivity index is 1.52. The summed E-state index contributed by atoms with van der Waals surface area (Å²) in [7, 11) is -1.93. The lowest BCUT2D eigenvalue weighted by Crippen LogP contribution is -2.28. The van der Waals surface area contributed by atoms with E-state index in [4.69, 9.17) is 4.52 Å². The standard InChI is InChI=1S/C22H27N5O4S/c1-22(2,3)20-26-19(27-31-20)17-9-11-18(12-10-17)25-21(28)24-13-15-5-7-16(8-6-15)14-32(29,30)23-4/h5-12,23H,13-14H2,1-4H3,(H2,24,25,28). The van der Waals surface area contributed by atoms with Crippen molar-refractivity contribution in [3.63, 3.8) is 0 Å². The first-order valence-corrected chi connectivity index (χ1v) is 11.7. The van der Waals surface area contributed by atoms with Crippen LogP contribution in [0, 0.1) is 0 Å². The molecule has 3 rings (SSSR count). The Bertz CT molecular complexity index is 1160. The van der Waals surface area contributed by atoms with E-state index in [1.165, 1.54) is 7.05 Å². The summed E-state index contributed by atoms with van der Waals surface area (Å²) in [5.74, 6) is 0.970. The van der Waals surface area contributed by atoms with Crippen LogP contribution >= 0.6 is 0 Å². The number of nitrogens with one attached hydrogen (secondary N) is 3. The van der Waals surface area contributed by atoms with Gasteiger partial charge in [0, 0.05) is 23.2 Å². The molecule has 1 heterocycles. The van der Waals surface area contributed by atoms with Crippen LogP contribution in [0.1, 0.15) is 37.8 Å². The van der Waals surface area contributed by atoms with Crippen LogP contribution in [-0.4, -0.2) is 31.6 Å². The maximum atomic E-state index is 12.2. The predicted molar refractivity (Wildman–Crippen MR) is 122 cm³/mol. The molecule has 0 aliphatic carbocycles. The lowest BCUT2D eigenvalue weighted by Gasteiger charge is -2.10. The monoisotopic (exact) mass is 457 g/mol. The van der Waals surface area contributed by atoms with E-state index in [1.54, 1.807) is 36.4 Å². The van der Waals surface area contributed by atoms with Crippen LogP contribution in [0.4, 0.5) is 10.5 Å². The predicted octanol–water partition coefficient (Wildman–Crippen LogP) is 3.41. The van der Waals surface area contributed by atoms with E-state index >= 15 is 0 Å². The molecule has 0 atom stereocenters. The molecule has 0 spiro atoms. The maximum Gasteiger partial charge on any atom is 0.319 e. The lowest BCUT2D eigenvalue weighted by molar-refractivity contribution is 0.251. The quantitative estimate of drug-likeness (QED) is 0.499. The molecule has 10 heteroatoms. The minimum Gasteiger partial charge on any atom is -0.338 e. The number of hydrogen-bond acceptors (Lipinski definition) is 6. The summed E-state index contributed by atoms with van der Waals surface area (Å²) in [5.41, 5.74) is 2.71. The molecular formula is C22H27N5O4S. The van der Waals surface area contributed by atoms with Gasteiger partial charge in [0.05, 0.1) is 5.75 Å². The zero-order chi connectivity index (χ0) is 23.4. The zero-order valence-corrected chi connectivity index (χ0v) is 19.3. The van der Waals surface area contributed by atoms with Crippen LogP contribution in [0.3, 0.4) is 0 Å². The molecule has 2 amide bonds. The largest absolute Gasteiger partial charge is 0.338 e. The summed E-state index contributed by atoms with van der Waals surface area (Å²) in [5, 5.41) is 9.56. The van der Waals surface area contributed by atoms with E-state index in [2.05, 4.69) is 25.5 Å². The molecule has 0 aliphatic heterocycles. The Labute approximate surface area is 187 Å². The molecule has 0 unspecified atom stereocenters. The van der Waals surface area contributed by atoms with Crippen molar-refractivity contribution in [3.05, 3.63) is 65.5 Å². The van der Waals surface area contributed by atoms with Gasteiger partial charge in [-0.05, 0) is 42.4 Å². The molecule has 170 valence electrons. The average molecular weight is 458 g/mol.